The molecule has 0 fully saturated rings. The van der Waals surface area contributed by atoms with Crippen LogP contribution in [0.25, 0.3) is 0 Å². The van der Waals surface area contributed by atoms with Gasteiger partial charge in [-0.3, -0.25) is 9.59 Å². The molecule has 2 N–H and O–H groups in total. The maximum atomic E-state index is 12.8. The van der Waals surface area contributed by atoms with E-state index in [0.29, 0.717) is 0 Å². The number of aryl methyl sites for hydroxylation is 1. The Labute approximate surface area is 161 Å². The van der Waals surface area contributed by atoms with Crippen molar-refractivity contribution >= 4 is 28.9 Å². The number of rotatable bonds is 7. The van der Waals surface area contributed by atoms with Gasteiger partial charge in [-0.2, -0.15) is 0 Å². The standard InChI is InChI=1S/C22H29N3O2/c1-15(2)22(27)24-18-12-11-17(5)20(13-18)23-14-21(26)25(16(3)4)19-9-7-6-8-10-19/h6-13,15-16,23H,14H2,1-5H3,(H,24,27). The molecule has 0 spiro atoms. The van der Waals surface area contributed by atoms with Gasteiger partial charge in [0.15, 0.2) is 0 Å². The fourth-order valence-corrected chi connectivity index (χ4v) is 2.75. The minimum Gasteiger partial charge on any atom is -0.376 e. The second kappa shape index (κ2) is 9.21. The van der Waals surface area contributed by atoms with Crippen molar-refractivity contribution in [3.05, 3.63) is 54.1 Å². The highest BCUT2D eigenvalue weighted by Crippen LogP contribution is 2.22. The van der Waals surface area contributed by atoms with Gasteiger partial charge in [-0.15, -0.1) is 0 Å². The van der Waals surface area contributed by atoms with Crippen molar-refractivity contribution in [2.45, 2.75) is 40.7 Å². The van der Waals surface area contributed by atoms with E-state index in [1.807, 2.05) is 83.1 Å². The number of hydrogen-bond donors (Lipinski definition) is 2. The second-order valence-electron chi connectivity index (χ2n) is 7.22. The van der Waals surface area contributed by atoms with Crippen LogP contribution in [0.3, 0.4) is 0 Å². The maximum absolute atomic E-state index is 12.8. The van der Waals surface area contributed by atoms with Crippen LogP contribution < -0.4 is 15.5 Å². The Bertz CT molecular complexity index is 785. The zero-order valence-electron chi connectivity index (χ0n) is 16.7. The van der Waals surface area contributed by atoms with Gasteiger partial charge in [-0.25, -0.2) is 0 Å². The third-order valence-corrected chi connectivity index (χ3v) is 4.28. The molecule has 2 rings (SSSR count). The van der Waals surface area contributed by atoms with E-state index in [2.05, 4.69) is 10.6 Å². The molecule has 0 aromatic heterocycles. The molecule has 5 nitrogen and oxygen atoms in total. The van der Waals surface area contributed by atoms with Crippen LogP contribution in [-0.2, 0) is 9.59 Å². The third-order valence-electron chi connectivity index (χ3n) is 4.28. The van der Waals surface area contributed by atoms with Crippen molar-refractivity contribution in [2.75, 3.05) is 22.1 Å². The third kappa shape index (κ3) is 5.58. The number of hydrogen-bond acceptors (Lipinski definition) is 3. The van der Waals surface area contributed by atoms with Crippen molar-refractivity contribution in [1.29, 1.82) is 0 Å². The first-order valence-electron chi connectivity index (χ1n) is 9.32. The summed E-state index contributed by atoms with van der Waals surface area (Å²) in [5.41, 5.74) is 3.45. The molecule has 0 atom stereocenters. The van der Waals surface area contributed by atoms with Gasteiger partial charge in [0.25, 0.3) is 0 Å². The van der Waals surface area contributed by atoms with E-state index in [1.54, 1.807) is 4.90 Å². The maximum Gasteiger partial charge on any atom is 0.246 e. The lowest BCUT2D eigenvalue weighted by Gasteiger charge is -2.27. The van der Waals surface area contributed by atoms with Gasteiger partial charge in [0.05, 0.1) is 6.54 Å². The van der Waals surface area contributed by atoms with Crippen LogP contribution >= 0.6 is 0 Å². The van der Waals surface area contributed by atoms with Crippen molar-refractivity contribution < 1.29 is 9.59 Å². The largest absolute Gasteiger partial charge is 0.376 e. The molecule has 2 aromatic carbocycles. The van der Waals surface area contributed by atoms with Gasteiger partial charge in [-0.05, 0) is 50.6 Å². The SMILES string of the molecule is Cc1ccc(NC(=O)C(C)C)cc1NCC(=O)N(c1ccccc1)C(C)C. The molecule has 0 aliphatic heterocycles. The van der Waals surface area contributed by atoms with E-state index in [-0.39, 0.29) is 30.3 Å². The smallest absolute Gasteiger partial charge is 0.246 e. The first-order valence-corrected chi connectivity index (χ1v) is 9.32. The van der Waals surface area contributed by atoms with Gasteiger partial charge in [0.2, 0.25) is 11.8 Å². The molecule has 0 bridgehead atoms. The number of carbonyl (C=O) groups excluding carboxylic acids is 2. The lowest BCUT2D eigenvalue weighted by atomic mass is 10.1. The van der Waals surface area contributed by atoms with E-state index in [4.69, 9.17) is 0 Å². The Balaban J connectivity index is 2.10. The molecule has 0 aliphatic carbocycles. The zero-order chi connectivity index (χ0) is 20.0. The van der Waals surface area contributed by atoms with Crippen LogP contribution in [0.4, 0.5) is 17.1 Å². The molecule has 2 amide bonds. The summed E-state index contributed by atoms with van der Waals surface area (Å²) in [4.78, 5) is 26.5. The lowest BCUT2D eigenvalue weighted by Crippen LogP contribution is -2.40. The molecular weight excluding hydrogens is 338 g/mol. The normalized spacial score (nSPS) is 10.8. The van der Waals surface area contributed by atoms with E-state index >= 15 is 0 Å². The summed E-state index contributed by atoms with van der Waals surface area (Å²) in [6.45, 7) is 9.85. The number of nitrogens with zero attached hydrogens (tertiary/aromatic N) is 1. The van der Waals surface area contributed by atoms with Crippen molar-refractivity contribution in [2.24, 2.45) is 5.92 Å². The number of anilines is 3. The molecule has 0 saturated carbocycles. The Morgan fingerprint density at radius 3 is 2.26 bits per heavy atom. The predicted molar refractivity (Wildman–Crippen MR) is 112 cm³/mol. The summed E-state index contributed by atoms with van der Waals surface area (Å²) < 4.78 is 0. The Morgan fingerprint density at radius 2 is 1.67 bits per heavy atom. The van der Waals surface area contributed by atoms with Crippen LogP contribution in [0.5, 0.6) is 0 Å². The second-order valence-corrected chi connectivity index (χ2v) is 7.22. The highest BCUT2D eigenvalue weighted by atomic mass is 16.2. The van der Waals surface area contributed by atoms with Gasteiger partial charge in [0, 0.05) is 29.0 Å². The van der Waals surface area contributed by atoms with E-state index < -0.39 is 0 Å². The molecule has 144 valence electrons. The van der Waals surface area contributed by atoms with E-state index in [9.17, 15) is 9.59 Å². The summed E-state index contributed by atoms with van der Waals surface area (Å²) in [7, 11) is 0. The molecular formula is C22H29N3O2. The van der Waals surface area contributed by atoms with Crippen LogP contribution in [0, 0.1) is 12.8 Å². The van der Waals surface area contributed by atoms with Crippen LogP contribution in [0.15, 0.2) is 48.5 Å². The van der Waals surface area contributed by atoms with Crippen LogP contribution in [-0.4, -0.2) is 24.4 Å². The monoisotopic (exact) mass is 367 g/mol. The van der Waals surface area contributed by atoms with E-state index in [0.717, 1.165) is 22.6 Å². The summed E-state index contributed by atoms with van der Waals surface area (Å²) in [6.07, 6.45) is 0. The zero-order valence-corrected chi connectivity index (χ0v) is 16.7. The van der Waals surface area contributed by atoms with E-state index in [1.165, 1.54) is 0 Å². The summed E-state index contributed by atoms with van der Waals surface area (Å²) >= 11 is 0. The molecule has 5 heteroatoms. The number of benzene rings is 2. The summed E-state index contributed by atoms with van der Waals surface area (Å²) in [5.74, 6) is -0.127. The number of amides is 2. The summed E-state index contributed by atoms with van der Waals surface area (Å²) in [6, 6.07) is 15.4. The minimum absolute atomic E-state index is 0.00720. The molecule has 0 unspecified atom stereocenters. The van der Waals surface area contributed by atoms with Crippen molar-refractivity contribution in [3.8, 4) is 0 Å². The topological polar surface area (TPSA) is 61.4 Å². The number of nitrogens with one attached hydrogen (secondary N) is 2. The van der Waals surface area contributed by atoms with Crippen LogP contribution in [0.1, 0.15) is 33.3 Å². The van der Waals surface area contributed by atoms with Gasteiger partial charge >= 0.3 is 0 Å². The lowest BCUT2D eigenvalue weighted by molar-refractivity contribution is -0.119. The first kappa shape index (κ1) is 20.5. The highest BCUT2D eigenvalue weighted by Gasteiger charge is 2.18. The minimum atomic E-state index is -0.0882. The molecule has 0 heterocycles. The Morgan fingerprint density at radius 1 is 1.00 bits per heavy atom. The quantitative estimate of drug-likeness (QED) is 0.760. The number of carbonyl (C=O) groups is 2. The fourth-order valence-electron chi connectivity index (χ4n) is 2.75. The van der Waals surface area contributed by atoms with Crippen molar-refractivity contribution in [3.63, 3.8) is 0 Å². The number of para-hydroxylation sites is 1. The van der Waals surface area contributed by atoms with Crippen molar-refractivity contribution in [1.82, 2.24) is 0 Å². The highest BCUT2D eigenvalue weighted by molar-refractivity contribution is 5.97. The fraction of sp³-hybridized carbons (Fsp3) is 0.364. The predicted octanol–water partition coefficient (Wildman–Crippen LogP) is 4.44. The molecule has 0 aliphatic rings. The first-order chi connectivity index (χ1) is 12.8. The van der Waals surface area contributed by atoms with Crippen LogP contribution in [0.2, 0.25) is 0 Å². The molecule has 0 saturated heterocycles. The Kier molecular flexibility index (Phi) is 6.99. The van der Waals surface area contributed by atoms with Gasteiger partial charge in [-0.1, -0.05) is 38.1 Å². The molecule has 0 radical (unpaired) electrons. The molecule has 2 aromatic rings. The summed E-state index contributed by atoms with van der Waals surface area (Å²) in [5, 5.41) is 6.11. The average molecular weight is 367 g/mol. The Hall–Kier alpha value is -2.82. The average Bonchev–Trinajstić information content (AvgIpc) is 2.62. The van der Waals surface area contributed by atoms with Gasteiger partial charge < -0.3 is 15.5 Å². The van der Waals surface area contributed by atoms with Gasteiger partial charge in [0.1, 0.15) is 0 Å². The molecule has 27 heavy (non-hydrogen) atoms.